The highest BCUT2D eigenvalue weighted by Crippen LogP contribution is 2.42. The molecule has 2 aliphatic heterocycles. The van der Waals surface area contributed by atoms with Gasteiger partial charge in [0.25, 0.3) is 0 Å². The first kappa shape index (κ1) is 27.4. The van der Waals surface area contributed by atoms with Crippen LogP contribution in [0, 0.1) is 11.8 Å². The van der Waals surface area contributed by atoms with Gasteiger partial charge in [0.1, 0.15) is 24.4 Å². The van der Waals surface area contributed by atoms with E-state index in [2.05, 4.69) is 0 Å². The Kier molecular flexibility index (Phi) is 8.75. The number of aliphatic hydroxyl groups excluding tert-OH is 5. The van der Waals surface area contributed by atoms with Gasteiger partial charge in [-0.05, 0) is 47.7 Å². The summed E-state index contributed by atoms with van der Waals surface area (Å²) in [5.41, 5.74) is 1.70. The summed E-state index contributed by atoms with van der Waals surface area (Å²) < 4.78 is 27.9. The van der Waals surface area contributed by atoms with Crippen LogP contribution in [0.1, 0.15) is 17.2 Å². The minimum absolute atomic E-state index is 0.00304. The number of ether oxygens (including phenoxy) is 5. The number of aromatic hydroxyl groups is 1. The first-order chi connectivity index (χ1) is 17.8. The predicted octanol–water partition coefficient (Wildman–Crippen LogP) is 0.127. The Bertz CT molecular complexity index is 1050. The molecule has 0 saturated carbocycles. The van der Waals surface area contributed by atoms with Crippen molar-refractivity contribution in [2.45, 2.75) is 43.2 Å². The highest BCUT2D eigenvalue weighted by atomic mass is 16.7. The van der Waals surface area contributed by atoms with Crippen molar-refractivity contribution in [2.75, 3.05) is 34.0 Å². The SMILES string of the molecule is COc1cc([C@H]2OC[C@H](Cc3ccc(O[C@H]4O[C@@H](CO)[C@H](O)[C@@H](O)[C@@H]4O)c(OC)c3)[C@@H]2CO)ccc1O. The van der Waals surface area contributed by atoms with Crippen molar-refractivity contribution < 1.29 is 54.3 Å². The number of hydrogen-bond donors (Lipinski definition) is 6. The molecule has 8 atom stereocenters. The van der Waals surface area contributed by atoms with Gasteiger partial charge >= 0.3 is 0 Å². The standard InChI is InChI=1S/C26H34O11/c1-33-19-9-14(4-5-17(19)29)25-16(10-27)15(12-35-25)7-13-3-6-18(20(8-13)34-2)36-26-24(32)23(31)22(30)21(11-28)37-26/h3-6,8-9,15-16,21-32H,7,10-12H2,1-2H3/t15-,16-,21-,22-,23+,24-,25+,26-/m0/s1. The van der Waals surface area contributed by atoms with Gasteiger partial charge in [-0.2, -0.15) is 0 Å². The fourth-order valence-electron chi connectivity index (χ4n) is 4.92. The first-order valence-electron chi connectivity index (χ1n) is 12.0. The summed E-state index contributed by atoms with van der Waals surface area (Å²) in [6, 6.07) is 10.2. The maximum Gasteiger partial charge on any atom is 0.229 e. The molecule has 204 valence electrons. The third-order valence-corrected chi connectivity index (χ3v) is 7.04. The fourth-order valence-corrected chi connectivity index (χ4v) is 4.92. The molecule has 4 rings (SSSR count). The van der Waals surface area contributed by atoms with E-state index < -0.39 is 37.3 Å². The maximum absolute atomic E-state index is 10.3. The Balaban J connectivity index is 1.47. The molecule has 0 aliphatic carbocycles. The summed E-state index contributed by atoms with van der Waals surface area (Å²) in [7, 11) is 2.93. The monoisotopic (exact) mass is 522 g/mol. The molecular formula is C26H34O11. The third-order valence-electron chi connectivity index (χ3n) is 7.04. The van der Waals surface area contributed by atoms with Crippen LogP contribution in [0.15, 0.2) is 36.4 Å². The first-order valence-corrected chi connectivity index (χ1v) is 12.0. The highest BCUT2D eigenvalue weighted by Gasteiger charge is 2.45. The smallest absolute Gasteiger partial charge is 0.229 e. The van der Waals surface area contributed by atoms with Crippen molar-refractivity contribution in [3.63, 3.8) is 0 Å². The highest BCUT2D eigenvalue weighted by molar-refractivity contribution is 5.44. The van der Waals surface area contributed by atoms with E-state index >= 15 is 0 Å². The molecule has 0 radical (unpaired) electrons. The number of phenolic OH excluding ortho intramolecular Hbond substituents is 1. The minimum atomic E-state index is -1.56. The molecule has 6 N–H and O–H groups in total. The van der Waals surface area contributed by atoms with Crippen LogP contribution in [0.2, 0.25) is 0 Å². The number of hydrogen-bond acceptors (Lipinski definition) is 11. The number of aliphatic hydroxyl groups is 5. The second-order valence-electron chi connectivity index (χ2n) is 9.30. The Hall–Kier alpha value is -2.64. The average molecular weight is 523 g/mol. The molecule has 37 heavy (non-hydrogen) atoms. The van der Waals surface area contributed by atoms with Gasteiger partial charge in [0.2, 0.25) is 6.29 Å². The number of phenols is 1. The minimum Gasteiger partial charge on any atom is -0.504 e. The van der Waals surface area contributed by atoms with Crippen molar-refractivity contribution in [1.29, 1.82) is 0 Å². The van der Waals surface area contributed by atoms with Crippen molar-refractivity contribution in [3.05, 3.63) is 47.5 Å². The van der Waals surface area contributed by atoms with Crippen LogP contribution < -0.4 is 14.2 Å². The second kappa shape index (κ2) is 11.8. The second-order valence-corrected chi connectivity index (χ2v) is 9.30. The zero-order valence-corrected chi connectivity index (χ0v) is 20.6. The molecule has 2 heterocycles. The van der Waals surface area contributed by atoms with Gasteiger partial charge in [0.05, 0.1) is 33.5 Å². The van der Waals surface area contributed by atoms with Gasteiger partial charge in [0, 0.05) is 12.5 Å². The van der Waals surface area contributed by atoms with Crippen LogP contribution in [0.5, 0.6) is 23.0 Å². The molecule has 0 aromatic heterocycles. The molecular weight excluding hydrogens is 488 g/mol. The van der Waals surface area contributed by atoms with E-state index in [0.29, 0.717) is 24.5 Å². The zero-order valence-electron chi connectivity index (χ0n) is 20.6. The number of rotatable bonds is 9. The summed E-state index contributed by atoms with van der Waals surface area (Å²) >= 11 is 0. The zero-order chi connectivity index (χ0) is 26.7. The van der Waals surface area contributed by atoms with Crippen LogP contribution in [0.4, 0.5) is 0 Å². The molecule has 2 fully saturated rings. The average Bonchev–Trinajstić information content (AvgIpc) is 3.32. The summed E-state index contributed by atoms with van der Waals surface area (Å²) in [5.74, 6) is 0.766. The van der Waals surface area contributed by atoms with Crippen molar-refractivity contribution >= 4 is 0 Å². The van der Waals surface area contributed by atoms with Crippen LogP contribution in [0.25, 0.3) is 0 Å². The number of benzene rings is 2. The molecule has 2 saturated heterocycles. The van der Waals surface area contributed by atoms with E-state index in [1.54, 1.807) is 24.3 Å². The van der Waals surface area contributed by atoms with Crippen LogP contribution in [0.3, 0.4) is 0 Å². The lowest BCUT2D eigenvalue weighted by molar-refractivity contribution is -0.277. The molecule has 2 aromatic carbocycles. The van der Waals surface area contributed by atoms with Gasteiger partial charge in [-0.1, -0.05) is 12.1 Å². The van der Waals surface area contributed by atoms with E-state index in [0.717, 1.165) is 11.1 Å². The summed E-state index contributed by atoms with van der Waals surface area (Å²) in [6.07, 6.45) is -6.79. The molecule has 0 unspecified atom stereocenters. The number of methoxy groups -OCH3 is 2. The Morgan fingerprint density at radius 3 is 2.30 bits per heavy atom. The predicted molar refractivity (Wildman–Crippen MR) is 129 cm³/mol. The molecule has 0 bridgehead atoms. The topological polar surface area (TPSA) is 168 Å². The molecule has 0 spiro atoms. The van der Waals surface area contributed by atoms with E-state index in [-0.39, 0.29) is 36.0 Å². The van der Waals surface area contributed by atoms with Crippen LogP contribution in [-0.2, 0) is 15.9 Å². The van der Waals surface area contributed by atoms with Crippen LogP contribution >= 0.6 is 0 Å². The summed E-state index contributed by atoms with van der Waals surface area (Å²) in [4.78, 5) is 0. The van der Waals surface area contributed by atoms with Gasteiger partial charge in [-0.15, -0.1) is 0 Å². The van der Waals surface area contributed by atoms with Gasteiger partial charge in [-0.3, -0.25) is 0 Å². The lowest BCUT2D eigenvalue weighted by Gasteiger charge is -2.39. The Morgan fingerprint density at radius 2 is 1.62 bits per heavy atom. The summed E-state index contributed by atoms with van der Waals surface area (Å²) in [6.45, 7) is -0.229. The molecule has 2 aromatic rings. The van der Waals surface area contributed by atoms with Crippen molar-refractivity contribution in [1.82, 2.24) is 0 Å². The van der Waals surface area contributed by atoms with Gasteiger partial charge < -0.3 is 54.3 Å². The summed E-state index contributed by atoms with van der Waals surface area (Å²) in [5, 5.41) is 59.7. The van der Waals surface area contributed by atoms with E-state index in [1.807, 2.05) is 6.07 Å². The lowest BCUT2D eigenvalue weighted by atomic mass is 9.84. The fraction of sp³-hybridized carbons (Fsp3) is 0.538. The Labute approximate surface area is 214 Å². The normalized spacial score (nSPS) is 31.8. The molecule has 2 aliphatic rings. The lowest BCUT2D eigenvalue weighted by Crippen LogP contribution is -2.60. The van der Waals surface area contributed by atoms with Crippen LogP contribution in [-0.4, -0.2) is 95.4 Å². The van der Waals surface area contributed by atoms with Crippen molar-refractivity contribution in [3.8, 4) is 23.0 Å². The van der Waals surface area contributed by atoms with Crippen molar-refractivity contribution in [2.24, 2.45) is 11.8 Å². The largest absolute Gasteiger partial charge is 0.504 e. The van der Waals surface area contributed by atoms with Gasteiger partial charge in [0.15, 0.2) is 23.0 Å². The molecule has 11 heteroatoms. The third kappa shape index (κ3) is 5.63. The molecule has 11 nitrogen and oxygen atoms in total. The molecule has 0 amide bonds. The Morgan fingerprint density at radius 1 is 0.865 bits per heavy atom. The quantitative estimate of drug-likeness (QED) is 0.265. The van der Waals surface area contributed by atoms with E-state index in [1.165, 1.54) is 20.3 Å². The maximum atomic E-state index is 10.3. The van der Waals surface area contributed by atoms with E-state index in [4.69, 9.17) is 23.7 Å². The van der Waals surface area contributed by atoms with E-state index in [9.17, 15) is 30.6 Å². The van der Waals surface area contributed by atoms with Gasteiger partial charge in [-0.25, -0.2) is 0 Å².